The van der Waals surface area contributed by atoms with Gasteiger partial charge in [0.1, 0.15) is 0 Å². The van der Waals surface area contributed by atoms with E-state index in [1.165, 1.54) is 0 Å². The molecule has 0 aromatic carbocycles. The van der Waals surface area contributed by atoms with E-state index < -0.39 is 17.7 Å². The Morgan fingerprint density at radius 1 is 1.26 bits per heavy atom. The highest BCUT2D eigenvalue weighted by atomic mass is 17.3. The van der Waals surface area contributed by atoms with Crippen LogP contribution in [0.3, 0.4) is 0 Å². The molecular formula is C18H26O5. The minimum absolute atomic E-state index is 0.0950. The quantitative estimate of drug-likeness (QED) is 0.453. The van der Waals surface area contributed by atoms with Crippen molar-refractivity contribution in [3.63, 3.8) is 0 Å². The predicted molar refractivity (Wildman–Crippen MR) is 81.8 cm³/mol. The molecule has 5 fully saturated rings. The maximum Gasteiger partial charge on any atom is 0.311 e. The van der Waals surface area contributed by atoms with Crippen LogP contribution in [-0.4, -0.2) is 23.6 Å². The second-order valence-corrected chi connectivity index (χ2v) is 7.82. The molecule has 0 unspecified atom stereocenters. The van der Waals surface area contributed by atoms with E-state index >= 15 is 0 Å². The third-order valence-electron chi connectivity index (χ3n) is 6.47. The number of ether oxygens (including phenoxy) is 2. The molecule has 4 saturated heterocycles. The molecule has 5 aliphatic rings. The fourth-order valence-corrected chi connectivity index (χ4v) is 5.23. The van der Waals surface area contributed by atoms with Crippen LogP contribution >= 0.6 is 0 Å². The number of hydrogen-bond donors (Lipinski definition) is 0. The molecule has 4 aliphatic heterocycles. The molecule has 128 valence electrons. The highest BCUT2D eigenvalue weighted by molar-refractivity contribution is 5.74. The maximum absolute atomic E-state index is 12.6. The molecule has 0 aromatic rings. The Labute approximate surface area is 137 Å². The van der Waals surface area contributed by atoms with Gasteiger partial charge in [-0.15, -0.1) is 6.58 Å². The number of fused-ring (bicyclic) bond motifs is 2. The number of carbonyl (C=O) groups excluding carboxylic acids is 1. The third kappa shape index (κ3) is 2.13. The largest absolute Gasteiger partial charge is 0.432 e. The van der Waals surface area contributed by atoms with Gasteiger partial charge in [-0.25, -0.2) is 9.78 Å². The van der Waals surface area contributed by atoms with Gasteiger partial charge in [-0.2, -0.15) is 0 Å². The molecule has 4 heterocycles. The van der Waals surface area contributed by atoms with Crippen LogP contribution in [0.2, 0.25) is 0 Å². The number of rotatable bonds is 3. The number of hydrogen-bond acceptors (Lipinski definition) is 5. The van der Waals surface area contributed by atoms with Crippen molar-refractivity contribution in [3.05, 3.63) is 12.7 Å². The van der Waals surface area contributed by atoms with E-state index in [-0.39, 0.29) is 17.8 Å². The van der Waals surface area contributed by atoms with E-state index in [2.05, 4.69) is 13.5 Å². The monoisotopic (exact) mass is 322 g/mol. The van der Waals surface area contributed by atoms with Crippen LogP contribution in [0, 0.1) is 23.7 Å². The molecule has 1 saturated carbocycles. The number of allylic oxidation sites excluding steroid dienone is 1. The second kappa shape index (κ2) is 5.30. The summed E-state index contributed by atoms with van der Waals surface area (Å²) >= 11 is 0. The molecule has 1 spiro atoms. The molecule has 23 heavy (non-hydrogen) atoms. The van der Waals surface area contributed by atoms with Gasteiger partial charge in [0.05, 0.1) is 5.92 Å². The second-order valence-electron chi connectivity index (χ2n) is 7.82. The lowest BCUT2D eigenvalue weighted by atomic mass is 9.57. The molecule has 5 rings (SSSR count). The van der Waals surface area contributed by atoms with Crippen molar-refractivity contribution in [2.75, 3.05) is 0 Å². The Morgan fingerprint density at radius 2 is 2.09 bits per heavy atom. The van der Waals surface area contributed by atoms with Crippen molar-refractivity contribution < 1.29 is 24.0 Å². The van der Waals surface area contributed by atoms with Gasteiger partial charge in [0, 0.05) is 18.3 Å². The highest BCUT2D eigenvalue weighted by Crippen LogP contribution is 2.60. The van der Waals surface area contributed by atoms with Gasteiger partial charge in [-0.1, -0.05) is 13.0 Å². The Hall–Kier alpha value is -0.910. The van der Waals surface area contributed by atoms with Crippen LogP contribution in [0.25, 0.3) is 0 Å². The molecule has 0 amide bonds. The Bertz CT molecular complexity index is 520. The van der Waals surface area contributed by atoms with E-state index in [9.17, 15) is 4.79 Å². The average Bonchev–Trinajstić information content (AvgIpc) is 2.74. The van der Waals surface area contributed by atoms with E-state index in [1.807, 2.05) is 13.0 Å². The zero-order valence-electron chi connectivity index (χ0n) is 14.0. The fourth-order valence-electron chi connectivity index (χ4n) is 5.23. The maximum atomic E-state index is 12.6. The molecule has 0 N–H and O–H groups in total. The summed E-state index contributed by atoms with van der Waals surface area (Å²) in [5, 5.41) is 0. The smallest absolute Gasteiger partial charge is 0.311 e. The van der Waals surface area contributed by atoms with Crippen molar-refractivity contribution in [1.82, 2.24) is 0 Å². The van der Waals surface area contributed by atoms with Gasteiger partial charge in [-0.05, 0) is 44.9 Å². The van der Waals surface area contributed by atoms with Crippen LogP contribution in [0.15, 0.2) is 12.7 Å². The lowest BCUT2D eigenvalue weighted by molar-refractivity contribution is -0.559. The Balaban J connectivity index is 1.76. The predicted octanol–water partition coefficient (Wildman–Crippen LogP) is 3.34. The van der Waals surface area contributed by atoms with Crippen molar-refractivity contribution in [3.8, 4) is 0 Å². The molecule has 5 heteroatoms. The van der Waals surface area contributed by atoms with Gasteiger partial charge in [0.15, 0.2) is 5.60 Å². The Kier molecular flexibility index (Phi) is 3.59. The zero-order valence-corrected chi connectivity index (χ0v) is 14.0. The summed E-state index contributed by atoms with van der Waals surface area (Å²) in [5.74, 6) is -0.216. The molecule has 7 atom stereocenters. The fraction of sp³-hybridized carbons (Fsp3) is 0.833. The SMILES string of the molecule is C=CCC[C@H]1C(=O)O[C@@H]2O[C@]3(C)CC[C@H]4[C@H](C)CC[C@@H]1[C@@]24OO3. The summed E-state index contributed by atoms with van der Waals surface area (Å²) in [4.78, 5) is 24.3. The van der Waals surface area contributed by atoms with Crippen LogP contribution in [0.1, 0.15) is 52.4 Å². The zero-order chi connectivity index (χ0) is 16.2. The van der Waals surface area contributed by atoms with Gasteiger partial charge in [0.2, 0.25) is 12.1 Å². The van der Waals surface area contributed by atoms with Gasteiger partial charge in [0.25, 0.3) is 0 Å². The lowest BCUT2D eigenvalue weighted by Gasteiger charge is -2.58. The summed E-state index contributed by atoms with van der Waals surface area (Å²) in [6, 6.07) is 0. The van der Waals surface area contributed by atoms with Crippen molar-refractivity contribution in [1.29, 1.82) is 0 Å². The van der Waals surface area contributed by atoms with Crippen LogP contribution in [-0.2, 0) is 24.0 Å². The van der Waals surface area contributed by atoms with Crippen LogP contribution in [0.5, 0.6) is 0 Å². The molecule has 0 radical (unpaired) electrons. The van der Waals surface area contributed by atoms with E-state index in [0.717, 1.165) is 38.5 Å². The summed E-state index contributed by atoms with van der Waals surface area (Å²) in [6.07, 6.45) is 6.58. The molecular weight excluding hydrogens is 296 g/mol. The minimum Gasteiger partial charge on any atom is -0.432 e. The number of carbonyl (C=O) groups is 1. The van der Waals surface area contributed by atoms with Crippen molar-refractivity contribution in [2.45, 2.75) is 70.1 Å². The molecule has 5 nitrogen and oxygen atoms in total. The average molecular weight is 322 g/mol. The summed E-state index contributed by atoms with van der Waals surface area (Å²) in [5.41, 5.74) is -0.645. The normalized spacial score (nSPS) is 51.6. The highest BCUT2D eigenvalue weighted by Gasteiger charge is 2.70. The van der Waals surface area contributed by atoms with E-state index in [4.69, 9.17) is 19.2 Å². The summed E-state index contributed by atoms with van der Waals surface area (Å²) in [7, 11) is 0. The van der Waals surface area contributed by atoms with E-state index in [1.54, 1.807) is 0 Å². The third-order valence-corrected chi connectivity index (χ3v) is 6.47. The van der Waals surface area contributed by atoms with Crippen molar-refractivity contribution in [2.24, 2.45) is 23.7 Å². The first kappa shape index (κ1) is 15.6. The van der Waals surface area contributed by atoms with Gasteiger partial charge >= 0.3 is 5.97 Å². The minimum atomic E-state index is -0.814. The van der Waals surface area contributed by atoms with Gasteiger partial charge in [-0.3, -0.25) is 4.79 Å². The first-order valence-electron chi connectivity index (χ1n) is 8.86. The summed E-state index contributed by atoms with van der Waals surface area (Å²) < 4.78 is 11.8. The first-order valence-corrected chi connectivity index (χ1v) is 8.86. The van der Waals surface area contributed by atoms with Crippen LogP contribution in [0.4, 0.5) is 0 Å². The standard InChI is InChI=1S/C18H26O5/c1-4-5-6-12-14-8-7-11(2)13-9-10-17(3)21-16(20-15(12)19)18(13,14)23-22-17/h4,11-14,16H,1,5-10H2,2-3H3/t11-,12-,13+,14+,16-,17+,18-/m1/s1. The molecule has 1 aliphatic carbocycles. The summed E-state index contributed by atoms with van der Waals surface area (Å²) in [6.45, 7) is 7.92. The van der Waals surface area contributed by atoms with E-state index in [0.29, 0.717) is 11.8 Å². The molecule has 2 bridgehead atoms. The van der Waals surface area contributed by atoms with Crippen molar-refractivity contribution >= 4 is 5.97 Å². The topological polar surface area (TPSA) is 54.0 Å². The first-order chi connectivity index (χ1) is 11.0. The lowest BCUT2D eigenvalue weighted by Crippen LogP contribution is -2.70. The Morgan fingerprint density at radius 3 is 2.87 bits per heavy atom. The van der Waals surface area contributed by atoms with Crippen LogP contribution < -0.4 is 0 Å². The van der Waals surface area contributed by atoms with Gasteiger partial charge < -0.3 is 9.47 Å². The molecule has 0 aromatic heterocycles. The number of esters is 1.